The van der Waals surface area contributed by atoms with Crippen LogP contribution in [0.3, 0.4) is 0 Å². The highest BCUT2D eigenvalue weighted by molar-refractivity contribution is 5.83. The second-order valence-electron chi connectivity index (χ2n) is 6.25. The summed E-state index contributed by atoms with van der Waals surface area (Å²) in [6.07, 6.45) is 2.49. The maximum atomic E-state index is 12.4. The molecule has 1 aromatic heterocycles. The number of rotatable bonds is 6. The van der Waals surface area contributed by atoms with Gasteiger partial charge in [-0.25, -0.2) is 0 Å². The SMILES string of the molecule is COc1cc2cc(CN(C)CC3CCCO3)c(=O)[nH]c2cc1OC. The molecule has 0 bridgehead atoms. The van der Waals surface area contributed by atoms with Crippen molar-refractivity contribution in [2.24, 2.45) is 0 Å². The molecule has 24 heavy (non-hydrogen) atoms. The van der Waals surface area contributed by atoms with Gasteiger partial charge >= 0.3 is 0 Å². The van der Waals surface area contributed by atoms with Gasteiger partial charge in [0, 0.05) is 36.7 Å². The van der Waals surface area contributed by atoms with Crippen molar-refractivity contribution >= 4 is 10.9 Å². The Labute approximate surface area is 141 Å². The van der Waals surface area contributed by atoms with E-state index in [1.807, 2.05) is 19.2 Å². The molecule has 0 spiro atoms. The number of methoxy groups -OCH3 is 2. The molecule has 130 valence electrons. The third kappa shape index (κ3) is 3.55. The Hall–Kier alpha value is -2.05. The summed E-state index contributed by atoms with van der Waals surface area (Å²) in [4.78, 5) is 17.4. The largest absolute Gasteiger partial charge is 0.493 e. The summed E-state index contributed by atoms with van der Waals surface area (Å²) in [5.74, 6) is 1.25. The molecule has 3 rings (SSSR count). The topological polar surface area (TPSA) is 63.8 Å². The molecule has 1 N–H and O–H groups in total. The van der Waals surface area contributed by atoms with E-state index < -0.39 is 0 Å². The Kier molecular flexibility index (Phi) is 5.06. The van der Waals surface area contributed by atoms with E-state index in [1.54, 1.807) is 20.3 Å². The number of H-pyrrole nitrogens is 1. The molecule has 1 fully saturated rings. The number of nitrogens with one attached hydrogen (secondary N) is 1. The predicted molar refractivity (Wildman–Crippen MR) is 93.0 cm³/mol. The molecular formula is C18H24N2O4. The molecule has 0 aliphatic carbocycles. The van der Waals surface area contributed by atoms with E-state index in [0.29, 0.717) is 18.0 Å². The van der Waals surface area contributed by atoms with Crippen LogP contribution < -0.4 is 15.0 Å². The number of hydrogen-bond donors (Lipinski definition) is 1. The number of aromatic nitrogens is 1. The molecular weight excluding hydrogens is 308 g/mol. The molecule has 0 radical (unpaired) electrons. The van der Waals surface area contributed by atoms with Gasteiger partial charge in [0.1, 0.15) is 0 Å². The molecule has 1 aliphatic rings. The lowest BCUT2D eigenvalue weighted by molar-refractivity contribution is 0.0792. The Morgan fingerprint density at radius 1 is 1.25 bits per heavy atom. The molecule has 2 aromatic rings. The molecule has 0 saturated carbocycles. The van der Waals surface area contributed by atoms with Crippen LogP contribution in [0, 0.1) is 0 Å². The number of benzene rings is 1. The van der Waals surface area contributed by atoms with E-state index in [0.717, 1.165) is 42.5 Å². The van der Waals surface area contributed by atoms with Crippen LogP contribution in [0.5, 0.6) is 11.5 Å². The van der Waals surface area contributed by atoms with Crippen molar-refractivity contribution < 1.29 is 14.2 Å². The monoisotopic (exact) mass is 332 g/mol. The van der Waals surface area contributed by atoms with E-state index in [9.17, 15) is 4.79 Å². The average Bonchev–Trinajstić information content (AvgIpc) is 3.07. The van der Waals surface area contributed by atoms with Gasteiger partial charge in [-0.05, 0) is 32.0 Å². The minimum absolute atomic E-state index is 0.0751. The van der Waals surface area contributed by atoms with Crippen LogP contribution in [-0.2, 0) is 11.3 Å². The summed E-state index contributed by atoms with van der Waals surface area (Å²) in [6.45, 7) is 2.26. The fourth-order valence-corrected chi connectivity index (χ4v) is 3.19. The highest BCUT2D eigenvalue weighted by Crippen LogP contribution is 2.31. The van der Waals surface area contributed by atoms with Crippen molar-refractivity contribution in [3.05, 3.63) is 34.1 Å². The zero-order valence-corrected chi connectivity index (χ0v) is 14.4. The van der Waals surface area contributed by atoms with E-state index >= 15 is 0 Å². The van der Waals surface area contributed by atoms with Crippen LogP contribution in [0.4, 0.5) is 0 Å². The first kappa shape index (κ1) is 16.8. The van der Waals surface area contributed by atoms with Gasteiger partial charge in [-0.1, -0.05) is 0 Å². The number of fused-ring (bicyclic) bond motifs is 1. The lowest BCUT2D eigenvalue weighted by Crippen LogP contribution is -2.30. The Morgan fingerprint density at radius 3 is 2.67 bits per heavy atom. The van der Waals surface area contributed by atoms with Gasteiger partial charge in [0.25, 0.3) is 5.56 Å². The lowest BCUT2D eigenvalue weighted by Gasteiger charge is -2.20. The van der Waals surface area contributed by atoms with Crippen molar-refractivity contribution in [2.45, 2.75) is 25.5 Å². The fraction of sp³-hybridized carbons (Fsp3) is 0.500. The van der Waals surface area contributed by atoms with Crippen molar-refractivity contribution in [3.8, 4) is 11.5 Å². The van der Waals surface area contributed by atoms with Crippen molar-refractivity contribution in [2.75, 3.05) is 34.4 Å². The van der Waals surface area contributed by atoms with Crippen molar-refractivity contribution in [1.82, 2.24) is 9.88 Å². The molecule has 1 atom stereocenters. The first-order chi connectivity index (χ1) is 11.6. The Bertz CT molecular complexity index is 765. The van der Waals surface area contributed by atoms with Gasteiger partial charge in [0.15, 0.2) is 11.5 Å². The highest BCUT2D eigenvalue weighted by atomic mass is 16.5. The molecule has 1 aliphatic heterocycles. The fourth-order valence-electron chi connectivity index (χ4n) is 3.19. The normalized spacial score (nSPS) is 17.6. The highest BCUT2D eigenvalue weighted by Gasteiger charge is 2.18. The summed E-state index contributed by atoms with van der Waals surface area (Å²) >= 11 is 0. The molecule has 2 heterocycles. The summed E-state index contributed by atoms with van der Waals surface area (Å²) in [6, 6.07) is 5.59. The lowest BCUT2D eigenvalue weighted by atomic mass is 10.1. The maximum Gasteiger partial charge on any atom is 0.252 e. The number of aromatic amines is 1. The van der Waals surface area contributed by atoms with E-state index in [4.69, 9.17) is 14.2 Å². The molecule has 0 amide bonds. The molecule has 6 nitrogen and oxygen atoms in total. The van der Waals surface area contributed by atoms with Crippen LogP contribution >= 0.6 is 0 Å². The minimum atomic E-state index is -0.0751. The zero-order chi connectivity index (χ0) is 17.1. The zero-order valence-electron chi connectivity index (χ0n) is 14.4. The van der Waals surface area contributed by atoms with Crippen LogP contribution in [0.1, 0.15) is 18.4 Å². The first-order valence-electron chi connectivity index (χ1n) is 8.19. The second-order valence-corrected chi connectivity index (χ2v) is 6.25. The second kappa shape index (κ2) is 7.23. The quantitative estimate of drug-likeness (QED) is 0.878. The predicted octanol–water partition coefficient (Wildman–Crippen LogP) is 2.16. The molecule has 1 saturated heterocycles. The first-order valence-corrected chi connectivity index (χ1v) is 8.19. The van der Waals surface area contributed by atoms with Crippen LogP contribution in [0.15, 0.2) is 23.0 Å². The standard InChI is InChI=1S/C18H24N2O4/c1-20(11-14-5-4-6-24-14)10-13-7-12-8-16(22-2)17(23-3)9-15(12)19-18(13)21/h7-9,14H,4-6,10-11H2,1-3H3,(H,19,21). The van der Waals surface area contributed by atoms with Gasteiger partial charge in [0.05, 0.1) is 25.8 Å². The third-order valence-corrected chi connectivity index (χ3v) is 4.40. The Balaban J connectivity index is 1.85. The molecule has 1 aromatic carbocycles. The van der Waals surface area contributed by atoms with E-state index in [2.05, 4.69) is 9.88 Å². The van der Waals surface area contributed by atoms with Crippen LogP contribution in [0.25, 0.3) is 10.9 Å². The van der Waals surface area contributed by atoms with Crippen LogP contribution in [-0.4, -0.2) is 50.4 Å². The van der Waals surface area contributed by atoms with E-state index in [1.165, 1.54) is 0 Å². The van der Waals surface area contributed by atoms with Gasteiger partial charge in [-0.15, -0.1) is 0 Å². The number of nitrogens with zero attached hydrogens (tertiary/aromatic N) is 1. The van der Waals surface area contributed by atoms with Crippen LogP contribution in [0.2, 0.25) is 0 Å². The van der Waals surface area contributed by atoms with Gasteiger partial charge in [-0.3, -0.25) is 9.69 Å². The number of hydrogen-bond acceptors (Lipinski definition) is 5. The van der Waals surface area contributed by atoms with Gasteiger partial charge < -0.3 is 19.2 Å². The smallest absolute Gasteiger partial charge is 0.252 e. The summed E-state index contributed by atoms with van der Waals surface area (Å²) in [5.41, 5.74) is 1.40. The van der Waals surface area contributed by atoms with E-state index in [-0.39, 0.29) is 11.7 Å². The van der Waals surface area contributed by atoms with Crippen molar-refractivity contribution in [3.63, 3.8) is 0 Å². The molecule has 1 unspecified atom stereocenters. The Morgan fingerprint density at radius 2 is 2.00 bits per heavy atom. The maximum absolute atomic E-state index is 12.4. The van der Waals surface area contributed by atoms with Crippen molar-refractivity contribution in [1.29, 1.82) is 0 Å². The number of pyridine rings is 1. The summed E-state index contributed by atoms with van der Waals surface area (Å²) < 4.78 is 16.3. The number of likely N-dealkylation sites (N-methyl/N-ethyl adjacent to an activating group) is 1. The third-order valence-electron chi connectivity index (χ3n) is 4.40. The summed E-state index contributed by atoms with van der Waals surface area (Å²) in [7, 11) is 5.20. The van der Waals surface area contributed by atoms with Gasteiger partial charge in [-0.2, -0.15) is 0 Å². The van der Waals surface area contributed by atoms with Gasteiger partial charge in [0.2, 0.25) is 0 Å². The average molecular weight is 332 g/mol. The minimum Gasteiger partial charge on any atom is -0.493 e. The number of ether oxygens (including phenoxy) is 3. The molecule has 6 heteroatoms. The summed E-state index contributed by atoms with van der Waals surface area (Å²) in [5, 5.41) is 0.924.